The van der Waals surface area contributed by atoms with Gasteiger partial charge in [0.25, 0.3) is 0 Å². The monoisotopic (exact) mass is 395 g/mol. The van der Waals surface area contributed by atoms with Crippen molar-refractivity contribution in [3.8, 4) is 5.75 Å². The Balaban J connectivity index is 1.74. The number of benzene rings is 1. The zero-order valence-corrected chi connectivity index (χ0v) is 18.0. The van der Waals surface area contributed by atoms with Gasteiger partial charge in [-0.3, -0.25) is 0 Å². The fourth-order valence-corrected chi connectivity index (χ4v) is 4.45. The number of aryl methyl sites for hydroxylation is 1. The summed E-state index contributed by atoms with van der Waals surface area (Å²) in [4.78, 5) is 4.62. The normalized spacial score (nSPS) is 26.8. The van der Waals surface area contributed by atoms with E-state index in [4.69, 9.17) is 10.5 Å². The summed E-state index contributed by atoms with van der Waals surface area (Å²) in [5.74, 6) is 1.75. The molecule has 4 rings (SSSR count). The summed E-state index contributed by atoms with van der Waals surface area (Å²) in [6.45, 7) is 10.0. The number of nitrogens with two attached hydrogens (primary N) is 1. The minimum Gasteiger partial charge on any atom is -0.493 e. The smallest absolute Gasteiger partial charge is 0.202 e. The Labute approximate surface area is 173 Å². The first-order chi connectivity index (χ1) is 13.8. The molecular formula is C23H33N5O. The van der Waals surface area contributed by atoms with E-state index in [1.165, 1.54) is 22.3 Å². The van der Waals surface area contributed by atoms with E-state index in [1.807, 2.05) is 19.9 Å². The lowest BCUT2D eigenvalue weighted by molar-refractivity contribution is 0.287. The quantitative estimate of drug-likeness (QED) is 0.617. The summed E-state index contributed by atoms with van der Waals surface area (Å²) in [6, 6.07) is 2.75. The molecule has 0 saturated heterocycles. The number of hydrogen-bond donors (Lipinski definition) is 4. The molecule has 1 aromatic rings. The maximum atomic E-state index is 6.26. The minimum atomic E-state index is -0.711. The zero-order chi connectivity index (χ0) is 20.6. The topological polar surface area (TPSA) is 83.7 Å². The standard InChI is InChI=1S/C23H33N5O/c1-14-7-8-17(9-10-25-14)20-16(3)19(12-18-6-5-11-29-21(18)20)27-22-26-15(2)13-23(4,24)28-22/h9,12-14,25H,5-8,10-11,24H2,1-4H3,(H2,26,27,28)/t14-,23?/m0/s1. The molecule has 0 saturated carbocycles. The Morgan fingerprint density at radius 3 is 2.93 bits per heavy atom. The van der Waals surface area contributed by atoms with Gasteiger partial charge in [-0.2, -0.15) is 0 Å². The van der Waals surface area contributed by atoms with Crippen LogP contribution in [0.4, 0.5) is 5.69 Å². The van der Waals surface area contributed by atoms with Crippen LogP contribution >= 0.6 is 0 Å². The van der Waals surface area contributed by atoms with E-state index >= 15 is 0 Å². The van der Waals surface area contributed by atoms with Crippen LogP contribution in [0.3, 0.4) is 0 Å². The van der Waals surface area contributed by atoms with Crippen molar-refractivity contribution in [2.75, 3.05) is 18.5 Å². The predicted octanol–water partition coefficient (Wildman–Crippen LogP) is 3.43. The van der Waals surface area contributed by atoms with E-state index in [-0.39, 0.29) is 0 Å². The van der Waals surface area contributed by atoms with E-state index < -0.39 is 5.66 Å². The Morgan fingerprint density at radius 1 is 1.31 bits per heavy atom. The molecule has 3 heterocycles. The molecule has 0 bridgehead atoms. The van der Waals surface area contributed by atoms with Gasteiger partial charge < -0.3 is 26.4 Å². The second-order valence-corrected chi connectivity index (χ2v) is 8.71. The van der Waals surface area contributed by atoms with E-state index in [2.05, 4.69) is 46.9 Å². The Bertz CT molecular complexity index is 897. The summed E-state index contributed by atoms with van der Waals surface area (Å²) >= 11 is 0. The van der Waals surface area contributed by atoms with E-state index in [9.17, 15) is 0 Å². The number of nitrogens with zero attached hydrogens (tertiary/aromatic N) is 1. The molecule has 0 radical (unpaired) electrons. The first-order valence-corrected chi connectivity index (χ1v) is 10.7. The van der Waals surface area contributed by atoms with Crippen molar-refractivity contribution in [3.63, 3.8) is 0 Å². The van der Waals surface area contributed by atoms with Gasteiger partial charge in [-0.25, -0.2) is 4.99 Å². The zero-order valence-electron chi connectivity index (χ0n) is 18.0. The van der Waals surface area contributed by atoms with Gasteiger partial charge in [-0.05, 0) is 82.2 Å². The first-order valence-electron chi connectivity index (χ1n) is 10.7. The number of aliphatic imine (C=N–C) groups is 1. The Morgan fingerprint density at radius 2 is 2.14 bits per heavy atom. The van der Waals surface area contributed by atoms with Gasteiger partial charge in [-0.15, -0.1) is 0 Å². The third-order valence-electron chi connectivity index (χ3n) is 5.87. The largest absolute Gasteiger partial charge is 0.493 e. The molecule has 0 spiro atoms. The average molecular weight is 396 g/mol. The van der Waals surface area contributed by atoms with Crippen LogP contribution in [-0.4, -0.2) is 30.8 Å². The molecule has 6 heteroatoms. The predicted molar refractivity (Wildman–Crippen MR) is 120 cm³/mol. The van der Waals surface area contributed by atoms with Gasteiger partial charge in [0.05, 0.1) is 6.61 Å². The van der Waals surface area contributed by atoms with Crippen molar-refractivity contribution in [1.29, 1.82) is 0 Å². The maximum absolute atomic E-state index is 6.26. The highest BCUT2D eigenvalue weighted by molar-refractivity contribution is 5.97. The van der Waals surface area contributed by atoms with Gasteiger partial charge >= 0.3 is 0 Å². The SMILES string of the molecule is CC1=CC(C)(N)N=C(Nc2cc3c(c(C4=CCN[C@@H](C)CC4)c2C)OCCC3)N1. The van der Waals surface area contributed by atoms with Crippen LogP contribution < -0.4 is 26.4 Å². The lowest BCUT2D eigenvalue weighted by Gasteiger charge is -2.28. The molecule has 156 valence electrons. The van der Waals surface area contributed by atoms with Gasteiger partial charge in [0.1, 0.15) is 11.4 Å². The van der Waals surface area contributed by atoms with Gasteiger partial charge in [0.2, 0.25) is 5.96 Å². The van der Waals surface area contributed by atoms with Crippen LogP contribution in [0.15, 0.2) is 28.9 Å². The number of guanidine groups is 1. The summed E-state index contributed by atoms with van der Waals surface area (Å²) < 4.78 is 6.19. The number of anilines is 1. The van der Waals surface area contributed by atoms with E-state index in [0.29, 0.717) is 12.0 Å². The third-order valence-corrected chi connectivity index (χ3v) is 5.87. The van der Waals surface area contributed by atoms with Gasteiger partial charge in [0.15, 0.2) is 0 Å². The molecule has 3 aliphatic heterocycles. The summed E-state index contributed by atoms with van der Waals surface area (Å²) in [7, 11) is 0. The molecule has 0 aromatic heterocycles. The minimum absolute atomic E-state index is 0.528. The van der Waals surface area contributed by atoms with Gasteiger partial charge in [0, 0.05) is 29.5 Å². The molecule has 0 aliphatic carbocycles. The molecule has 3 aliphatic rings. The van der Waals surface area contributed by atoms with Gasteiger partial charge in [-0.1, -0.05) is 6.08 Å². The highest BCUT2D eigenvalue weighted by Crippen LogP contribution is 2.41. The lowest BCUT2D eigenvalue weighted by atomic mass is 9.89. The van der Waals surface area contributed by atoms with Crippen molar-refractivity contribution in [2.45, 2.75) is 65.1 Å². The van der Waals surface area contributed by atoms with Crippen LogP contribution in [0.25, 0.3) is 5.57 Å². The molecule has 0 fully saturated rings. The highest BCUT2D eigenvalue weighted by Gasteiger charge is 2.25. The molecule has 0 amide bonds. The fraction of sp³-hybridized carbons (Fsp3) is 0.522. The third kappa shape index (κ3) is 4.33. The molecular weight excluding hydrogens is 362 g/mol. The fourth-order valence-electron chi connectivity index (χ4n) is 4.45. The van der Waals surface area contributed by atoms with Crippen LogP contribution in [0, 0.1) is 6.92 Å². The van der Waals surface area contributed by atoms with Crippen LogP contribution in [0.1, 0.15) is 56.7 Å². The Hall–Kier alpha value is -2.31. The number of fused-ring (bicyclic) bond motifs is 1. The lowest BCUT2D eigenvalue weighted by Crippen LogP contribution is -2.43. The van der Waals surface area contributed by atoms with Crippen LogP contribution in [0.5, 0.6) is 5.75 Å². The van der Waals surface area contributed by atoms with E-state index in [1.54, 1.807) is 0 Å². The highest BCUT2D eigenvalue weighted by atomic mass is 16.5. The van der Waals surface area contributed by atoms with Crippen LogP contribution in [0.2, 0.25) is 0 Å². The number of hydrogen-bond acceptors (Lipinski definition) is 6. The second-order valence-electron chi connectivity index (χ2n) is 8.71. The molecule has 5 N–H and O–H groups in total. The number of rotatable bonds is 2. The molecule has 6 nitrogen and oxygen atoms in total. The molecule has 2 atom stereocenters. The molecule has 1 aromatic carbocycles. The number of ether oxygens (including phenoxy) is 1. The maximum Gasteiger partial charge on any atom is 0.202 e. The van der Waals surface area contributed by atoms with Crippen LogP contribution in [-0.2, 0) is 6.42 Å². The van der Waals surface area contributed by atoms with Crippen molar-refractivity contribution >= 4 is 17.2 Å². The van der Waals surface area contributed by atoms with E-state index in [0.717, 1.165) is 56.0 Å². The summed E-state index contributed by atoms with van der Waals surface area (Å²) in [5.41, 5.74) is 12.7. The summed E-state index contributed by atoms with van der Waals surface area (Å²) in [6.07, 6.45) is 8.52. The Kier molecular flexibility index (Phi) is 5.40. The van der Waals surface area contributed by atoms with Crippen molar-refractivity contribution in [3.05, 3.63) is 40.6 Å². The first kappa shape index (κ1) is 20.0. The molecule has 29 heavy (non-hydrogen) atoms. The second kappa shape index (κ2) is 7.84. The summed E-state index contributed by atoms with van der Waals surface area (Å²) in [5, 5.41) is 10.4. The van der Waals surface area contributed by atoms with Crippen molar-refractivity contribution in [1.82, 2.24) is 10.6 Å². The van der Waals surface area contributed by atoms with Crippen molar-refractivity contribution < 1.29 is 4.74 Å². The number of nitrogens with one attached hydrogen (secondary N) is 3. The average Bonchev–Trinajstić information content (AvgIpc) is 2.85. The molecule has 1 unspecified atom stereocenters. The number of allylic oxidation sites excluding steroid dienone is 2. The van der Waals surface area contributed by atoms with Crippen molar-refractivity contribution in [2.24, 2.45) is 10.7 Å².